The highest BCUT2D eigenvalue weighted by atomic mass is 19.2. The Morgan fingerprint density at radius 3 is 2.03 bits per heavy atom. The quantitative estimate of drug-likeness (QED) is 0.275. The number of hydrogen-bond donors (Lipinski definition) is 0. The first-order chi connectivity index (χ1) is 13.8. The zero-order valence-corrected chi connectivity index (χ0v) is 17.0. The fourth-order valence-electron chi connectivity index (χ4n) is 3.91. The van der Waals surface area contributed by atoms with Crippen molar-refractivity contribution in [2.45, 2.75) is 46.5 Å². The van der Waals surface area contributed by atoms with E-state index in [1.165, 1.54) is 43.4 Å². The Kier molecular flexibility index (Phi) is 6.61. The second-order valence-electron chi connectivity index (χ2n) is 8.17. The van der Waals surface area contributed by atoms with E-state index in [9.17, 15) is 17.6 Å². The van der Waals surface area contributed by atoms with Crippen molar-refractivity contribution in [2.24, 2.45) is 11.8 Å². The van der Waals surface area contributed by atoms with Gasteiger partial charge in [0.25, 0.3) is 0 Å². The molecule has 0 spiro atoms. The van der Waals surface area contributed by atoms with E-state index in [1.54, 1.807) is 6.07 Å². The summed E-state index contributed by atoms with van der Waals surface area (Å²) < 4.78 is 54.7. The monoisotopic (exact) mass is 402 g/mol. The maximum atomic E-state index is 14.6. The molecule has 0 bridgehead atoms. The summed E-state index contributed by atoms with van der Waals surface area (Å²) in [5, 5.41) is 0. The minimum absolute atomic E-state index is 0.0300. The molecule has 0 radical (unpaired) electrons. The van der Waals surface area contributed by atoms with Crippen LogP contribution in [0.1, 0.15) is 52.0 Å². The maximum absolute atomic E-state index is 14.6. The first-order valence-electron chi connectivity index (χ1n) is 10.1. The molecule has 0 amide bonds. The van der Waals surface area contributed by atoms with Gasteiger partial charge in [0.1, 0.15) is 5.82 Å². The van der Waals surface area contributed by atoms with Gasteiger partial charge >= 0.3 is 0 Å². The summed E-state index contributed by atoms with van der Waals surface area (Å²) in [6.07, 6.45) is 9.03. The van der Waals surface area contributed by atoms with Crippen LogP contribution >= 0.6 is 0 Å². The second-order valence-corrected chi connectivity index (χ2v) is 8.17. The molecule has 1 aliphatic rings. The van der Waals surface area contributed by atoms with Gasteiger partial charge in [0.2, 0.25) is 0 Å². The lowest BCUT2D eigenvalue weighted by Gasteiger charge is -2.26. The van der Waals surface area contributed by atoms with E-state index >= 15 is 0 Å². The van der Waals surface area contributed by atoms with Crippen LogP contribution in [0.2, 0.25) is 0 Å². The van der Waals surface area contributed by atoms with E-state index in [4.69, 9.17) is 0 Å². The molecule has 4 heteroatoms. The van der Waals surface area contributed by atoms with Crippen LogP contribution in [0.4, 0.5) is 17.6 Å². The highest BCUT2D eigenvalue weighted by Gasteiger charge is 2.19. The van der Waals surface area contributed by atoms with Crippen molar-refractivity contribution in [2.75, 3.05) is 0 Å². The molecule has 0 N–H and O–H groups in total. The fourth-order valence-corrected chi connectivity index (χ4v) is 3.91. The van der Waals surface area contributed by atoms with Crippen molar-refractivity contribution < 1.29 is 17.6 Å². The zero-order chi connectivity index (χ0) is 21.1. The number of rotatable bonds is 4. The molecule has 0 aromatic heterocycles. The van der Waals surface area contributed by atoms with Gasteiger partial charge in [-0.05, 0) is 73.4 Å². The van der Waals surface area contributed by atoms with Gasteiger partial charge in [-0.25, -0.2) is 17.6 Å². The van der Waals surface area contributed by atoms with E-state index < -0.39 is 23.3 Å². The number of allylic oxidation sites excluding steroid dienone is 4. The summed E-state index contributed by atoms with van der Waals surface area (Å²) in [4.78, 5) is 0. The van der Waals surface area contributed by atoms with Gasteiger partial charge in [-0.2, -0.15) is 0 Å². The molecular formula is C25H26F4. The first-order valence-corrected chi connectivity index (χ1v) is 10.1. The smallest absolute Gasteiger partial charge is 0.194 e. The van der Waals surface area contributed by atoms with Crippen LogP contribution in [0.5, 0.6) is 0 Å². The Morgan fingerprint density at radius 2 is 1.45 bits per heavy atom. The predicted molar refractivity (Wildman–Crippen MR) is 110 cm³/mol. The summed E-state index contributed by atoms with van der Waals surface area (Å²) in [6, 6.07) is 6.11. The van der Waals surface area contributed by atoms with E-state index in [1.807, 2.05) is 13.0 Å². The van der Waals surface area contributed by atoms with Crippen LogP contribution in [0.15, 0.2) is 48.1 Å². The molecule has 1 fully saturated rings. The largest absolute Gasteiger partial charge is 0.206 e. The minimum Gasteiger partial charge on any atom is -0.206 e. The predicted octanol–water partition coefficient (Wildman–Crippen LogP) is 8.09. The molecule has 0 atom stereocenters. The first kappa shape index (κ1) is 21.4. The van der Waals surface area contributed by atoms with Crippen LogP contribution in [-0.4, -0.2) is 0 Å². The lowest BCUT2D eigenvalue weighted by molar-refractivity contribution is 0.320. The highest BCUT2D eigenvalue weighted by Crippen LogP contribution is 2.33. The van der Waals surface area contributed by atoms with E-state index in [-0.39, 0.29) is 11.1 Å². The Balaban J connectivity index is 1.80. The molecule has 0 nitrogen and oxygen atoms in total. The lowest BCUT2D eigenvalue weighted by Crippen LogP contribution is -2.13. The fraction of sp³-hybridized carbons (Fsp3) is 0.360. The van der Waals surface area contributed by atoms with Gasteiger partial charge in [-0.1, -0.05) is 49.6 Å². The van der Waals surface area contributed by atoms with Gasteiger partial charge in [-0.15, -0.1) is 0 Å². The molecule has 0 aliphatic heterocycles. The number of benzene rings is 2. The SMILES string of the molecule is CC(=CC=C(C)C1CCC(C)CC1)c1ccc(-c2cc(F)c(F)c(F)c2)c(F)c1. The lowest BCUT2D eigenvalue weighted by atomic mass is 9.79. The average Bonchev–Trinajstić information content (AvgIpc) is 2.70. The van der Waals surface area contributed by atoms with Crippen molar-refractivity contribution in [3.8, 4) is 11.1 Å². The Hall–Kier alpha value is -2.36. The van der Waals surface area contributed by atoms with Gasteiger partial charge in [-0.3, -0.25) is 0 Å². The molecule has 1 aliphatic carbocycles. The average molecular weight is 402 g/mol. The molecule has 0 unspecified atom stereocenters. The molecule has 0 heterocycles. The standard InChI is InChI=1S/C25H26F4/c1-15-4-8-18(9-5-15)16(2)6-7-17(3)19-10-11-21(22(26)12-19)20-13-23(27)25(29)24(28)14-20/h6-7,10-15,18H,4-5,8-9H2,1-3H3. The molecule has 29 heavy (non-hydrogen) atoms. The topological polar surface area (TPSA) is 0 Å². The summed E-state index contributed by atoms with van der Waals surface area (Å²) in [7, 11) is 0. The van der Waals surface area contributed by atoms with Crippen LogP contribution in [0, 0.1) is 35.1 Å². The van der Waals surface area contributed by atoms with Crippen LogP contribution in [0.3, 0.4) is 0 Å². The molecule has 2 aromatic carbocycles. The molecular weight excluding hydrogens is 376 g/mol. The molecule has 0 saturated heterocycles. The van der Waals surface area contributed by atoms with Gasteiger partial charge in [0.15, 0.2) is 17.5 Å². The minimum atomic E-state index is -1.56. The van der Waals surface area contributed by atoms with Gasteiger partial charge in [0.05, 0.1) is 0 Å². The Morgan fingerprint density at radius 1 is 0.828 bits per heavy atom. The summed E-state index contributed by atoms with van der Waals surface area (Å²) in [5.74, 6) is -3.42. The molecule has 154 valence electrons. The van der Waals surface area contributed by atoms with Crippen molar-refractivity contribution in [1.82, 2.24) is 0 Å². The van der Waals surface area contributed by atoms with Crippen LogP contribution in [0.25, 0.3) is 16.7 Å². The van der Waals surface area contributed by atoms with Crippen molar-refractivity contribution >= 4 is 5.57 Å². The summed E-state index contributed by atoms with van der Waals surface area (Å²) in [5.41, 5.74) is 2.92. The third-order valence-corrected chi connectivity index (χ3v) is 5.98. The molecule has 3 rings (SSSR count). The summed E-state index contributed by atoms with van der Waals surface area (Å²) >= 11 is 0. The van der Waals surface area contributed by atoms with Gasteiger partial charge in [0, 0.05) is 5.56 Å². The molecule has 1 saturated carbocycles. The van der Waals surface area contributed by atoms with E-state index in [2.05, 4.69) is 19.9 Å². The number of halogens is 4. The van der Waals surface area contributed by atoms with Gasteiger partial charge < -0.3 is 0 Å². The van der Waals surface area contributed by atoms with Crippen molar-refractivity contribution in [1.29, 1.82) is 0 Å². The zero-order valence-electron chi connectivity index (χ0n) is 17.0. The number of hydrogen-bond acceptors (Lipinski definition) is 0. The summed E-state index contributed by atoms with van der Waals surface area (Å²) in [6.45, 7) is 6.34. The van der Waals surface area contributed by atoms with Crippen LogP contribution < -0.4 is 0 Å². The third kappa shape index (κ3) is 4.98. The second kappa shape index (κ2) is 8.98. The highest BCUT2D eigenvalue weighted by molar-refractivity contribution is 5.71. The van der Waals surface area contributed by atoms with E-state index in [0.29, 0.717) is 11.5 Å². The van der Waals surface area contributed by atoms with Crippen LogP contribution in [-0.2, 0) is 0 Å². The normalized spacial score (nSPS) is 20.8. The Labute approximate surface area is 170 Å². The van der Waals surface area contributed by atoms with E-state index in [0.717, 1.165) is 23.6 Å². The Bertz CT molecular complexity index is 924. The van der Waals surface area contributed by atoms with Crippen molar-refractivity contribution in [3.05, 3.63) is 76.9 Å². The van der Waals surface area contributed by atoms with Crippen molar-refractivity contribution in [3.63, 3.8) is 0 Å². The maximum Gasteiger partial charge on any atom is 0.194 e. The third-order valence-electron chi connectivity index (χ3n) is 5.98. The molecule has 2 aromatic rings.